The van der Waals surface area contributed by atoms with E-state index in [9.17, 15) is 0 Å². The average molecular weight is 507 g/mol. The fourth-order valence-electron chi connectivity index (χ4n) is 3.08. The Kier molecular flexibility index (Phi) is 7.56. The van der Waals surface area contributed by atoms with Gasteiger partial charge in [-0.1, -0.05) is 12.1 Å². The van der Waals surface area contributed by atoms with Crippen molar-refractivity contribution in [2.75, 3.05) is 31.6 Å². The number of ether oxygens (including phenoxy) is 2. The van der Waals surface area contributed by atoms with Crippen molar-refractivity contribution in [1.82, 2.24) is 15.3 Å². The standard InChI is InChI=1S/C21H25N5O2.HI/c1-2-22-21(23-11-10-20-25-16-6-3-4-7-17(16)26-20)24-15-8-9-18-19(14-15)28-13-5-12-27-18;/h3-4,6-9,14H,2,5,10-13H2,1H3,(H,25,26)(H2,22,23,24);1H. The van der Waals surface area contributed by atoms with Gasteiger partial charge in [0.05, 0.1) is 24.2 Å². The van der Waals surface area contributed by atoms with Gasteiger partial charge in [0.15, 0.2) is 17.5 Å². The van der Waals surface area contributed by atoms with Crippen LogP contribution in [0.2, 0.25) is 0 Å². The van der Waals surface area contributed by atoms with Gasteiger partial charge in [-0.05, 0) is 31.2 Å². The van der Waals surface area contributed by atoms with Gasteiger partial charge in [0.25, 0.3) is 0 Å². The number of nitrogens with zero attached hydrogens (tertiary/aromatic N) is 2. The van der Waals surface area contributed by atoms with Crippen molar-refractivity contribution >= 4 is 46.7 Å². The molecule has 2 aromatic carbocycles. The molecule has 1 aromatic heterocycles. The van der Waals surface area contributed by atoms with E-state index >= 15 is 0 Å². The minimum absolute atomic E-state index is 0. The highest BCUT2D eigenvalue weighted by atomic mass is 127. The van der Waals surface area contributed by atoms with E-state index in [0.29, 0.717) is 19.8 Å². The van der Waals surface area contributed by atoms with Gasteiger partial charge >= 0.3 is 0 Å². The molecule has 8 heteroatoms. The van der Waals surface area contributed by atoms with E-state index in [2.05, 4.69) is 25.6 Å². The molecule has 0 fully saturated rings. The topological polar surface area (TPSA) is 83.6 Å². The van der Waals surface area contributed by atoms with Gasteiger partial charge in [-0.2, -0.15) is 0 Å². The van der Waals surface area contributed by atoms with Crippen LogP contribution in [0.5, 0.6) is 11.5 Å². The third-order valence-corrected chi connectivity index (χ3v) is 4.41. The first-order valence-corrected chi connectivity index (χ1v) is 9.70. The lowest BCUT2D eigenvalue weighted by Crippen LogP contribution is -2.31. The minimum atomic E-state index is 0. The molecular weight excluding hydrogens is 481 g/mol. The van der Waals surface area contributed by atoms with Crippen LogP contribution in [0.1, 0.15) is 19.2 Å². The number of benzene rings is 2. The molecule has 29 heavy (non-hydrogen) atoms. The maximum Gasteiger partial charge on any atom is 0.195 e. The van der Waals surface area contributed by atoms with Crippen molar-refractivity contribution in [1.29, 1.82) is 0 Å². The summed E-state index contributed by atoms with van der Waals surface area (Å²) < 4.78 is 11.4. The number of imidazole rings is 1. The summed E-state index contributed by atoms with van der Waals surface area (Å²) in [5.74, 6) is 3.22. The zero-order chi connectivity index (χ0) is 19.2. The molecule has 0 saturated heterocycles. The van der Waals surface area contributed by atoms with E-state index in [1.807, 2.05) is 49.4 Å². The molecule has 3 N–H and O–H groups in total. The van der Waals surface area contributed by atoms with Gasteiger partial charge < -0.3 is 25.1 Å². The number of halogens is 1. The fraction of sp³-hybridized carbons (Fsp3) is 0.333. The second kappa shape index (κ2) is 10.3. The average Bonchev–Trinajstić information content (AvgIpc) is 2.97. The molecule has 154 valence electrons. The number of aromatic amines is 1. The maximum absolute atomic E-state index is 5.76. The second-order valence-corrected chi connectivity index (χ2v) is 6.55. The van der Waals surface area contributed by atoms with Gasteiger partial charge in [0.2, 0.25) is 0 Å². The Morgan fingerprint density at radius 3 is 2.79 bits per heavy atom. The monoisotopic (exact) mass is 507 g/mol. The summed E-state index contributed by atoms with van der Waals surface area (Å²) in [5, 5.41) is 6.61. The van der Waals surface area contributed by atoms with Crippen LogP contribution in [-0.4, -0.2) is 42.2 Å². The number of aromatic nitrogens is 2. The molecule has 1 aliphatic heterocycles. The predicted octanol–water partition coefficient (Wildman–Crippen LogP) is 3.96. The zero-order valence-corrected chi connectivity index (χ0v) is 18.7. The molecule has 0 amide bonds. The van der Waals surface area contributed by atoms with Crippen molar-refractivity contribution < 1.29 is 9.47 Å². The van der Waals surface area contributed by atoms with Gasteiger partial charge in [0, 0.05) is 37.7 Å². The molecule has 0 aliphatic carbocycles. The molecule has 3 aromatic rings. The molecule has 2 heterocycles. The smallest absolute Gasteiger partial charge is 0.195 e. The van der Waals surface area contributed by atoms with Crippen molar-refractivity contribution in [2.24, 2.45) is 4.99 Å². The highest BCUT2D eigenvalue weighted by Crippen LogP contribution is 2.32. The van der Waals surface area contributed by atoms with E-state index in [4.69, 9.17) is 9.47 Å². The molecule has 0 radical (unpaired) electrons. The van der Waals surface area contributed by atoms with Crippen LogP contribution < -0.4 is 20.1 Å². The summed E-state index contributed by atoms with van der Waals surface area (Å²) in [6.45, 7) is 4.80. The van der Waals surface area contributed by atoms with Crippen LogP contribution in [0.3, 0.4) is 0 Å². The number of rotatable bonds is 5. The number of anilines is 1. The quantitative estimate of drug-likeness (QED) is 0.277. The summed E-state index contributed by atoms with van der Waals surface area (Å²) in [6.07, 6.45) is 1.63. The van der Waals surface area contributed by atoms with E-state index in [1.54, 1.807) is 0 Å². The lowest BCUT2D eigenvalue weighted by atomic mass is 10.3. The molecule has 0 unspecified atom stereocenters. The summed E-state index contributed by atoms with van der Waals surface area (Å²) in [6, 6.07) is 13.9. The molecule has 0 spiro atoms. The summed E-state index contributed by atoms with van der Waals surface area (Å²) in [7, 11) is 0. The van der Waals surface area contributed by atoms with Crippen LogP contribution in [0, 0.1) is 0 Å². The number of guanidine groups is 1. The number of nitrogens with one attached hydrogen (secondary N) is 3. The first-order chi connectivity index (χ1) is 13.8. The summed E-state index contributed by atoms with van der Waals surface area (Å²) in [5.41, 5.74) is 2.95. The highest BCUT2D eigenvalue weighted by Gasteiger charge is 2.11. The molecule has 1 aliphatic rings. The highest BCUT2D eigenvalue weighted by molar-refractivity contribution is 14.0. The molecule has 0 saturated carbocycles. The van der Waals surface area contributed by atoms with Crippen LogP contribution in [0.15, 0.2) is 47.5 Å². The van der Waals surface area contributed by atoms with Crippen molar-refractivity contribution in [2.45, 2.75) is 19.8 Å². The lowest BCUT2D eigenvalue weighted by molar-refractivity contribution is 0.297. The molecular formula is C21H26IN5O2. The Bertz CT molecular complexity index is 940. The lowest BCUT2D eigenvalue weighted by Gasteiger charge is -2.13. The van der Waals surface area contributed by atoms with Gasteiger partial charge in [0.1, 0.15) is 5.82 Å². The van der Waals surface area contributed by atoms with Crippen molar-refractivity contribution in [3.63, 3.8) is 0 Å². The summed E-state index contributed by atoms with van der Waals surface area (Å²) in [4.78, 5) is 12.6. The Balaban J connectivity index is 0.00000240. The number of hydrogen-bond donors (Lipinski definition) is 3. The van der Waals surface area contributed by atoms with Gasteiger partial charge in [-0.25, -0.2) is 4.98 Å². The van der Waals surface area contributed by atoms with E-state index in [0.717, 1.165) is 59.4 Å². The Hall–Kier alpha value is -2.49. The Morgan fingerprint density at radius 1 is 1.14 bits per heavy atom. The van der Waals surface area contributed by atoms with Crippen LogP contribution in [0.25, 0.3) is 11.0 Å². The van der Waals surface area contributed by atoms with E-state index in [-0.39, 0.29) is 24.0 Å². The minimum Gasteiger partial charge on any atom is -0.490 e. The maximum atomic E-state index is 5.76. The third-order valence-electron chi connectivity index (χ3n) is 4.41. The van der Waals surface area contributed by atoms with Gasteiger partial charge in [-0.3, -0.25) is 4.99 Å². The SMILES string of the molecule is CCNC(=NCCc1nc2ccccc2[nH]1)Nc1ccc2c(c1)OCCCO2.I. The number of H-pyrrole nitrogens is 1. The number of fused-ring (bicyclic) bond motifs is 2. The molecule has 4 rings (SSSR count). The number of para-hydroxylation sites is 2. The van der Waals surface area contributed by atoms with Crippen molar-refractivity contribution in [3.05, 3.63) is 48.3 Å². The second-order valence-electron chi connectivity index (χ2n) is 6.55. The number of hydrogen-bond acceptors (Lipinski definition) is 4. The fourth-order valence-corrected chi connectivity index (χ4v) is 3.08. The Labute approximate surface area is 187 Å². The zero-order valence-electron chi connectivity index (χ0n) is 16.4. The van der Waals surface area contributed by atoms with Gasteiger partial charge in [-0.15, -0.1) is 24.0 Å². The largest absolute Gasteiger partial charge is 0.490 e. The first kappa shape index (κ1) is 21.2. The molecule has 7 nitrogen and oxygen atoms in total. The predicted molar refractivity (Wildman–Crippen MR) is 127 cm³/mol. The summed E-state index contributed by atoms with van der Waals surface area (Å²) >= 11 is 0. The van der Waals surface area contributed by atoms with Crippen LogP contribution in [0.4, 0.5) is 5.69 Å². The van der Waals surface area contributed by atoms with E-state index < -0.39 is 0 Å². The molecule has 0 atom stereocenters. The third kappa shape index (κ3) is 5.53. The van der Waals surface area contributed by atoms with Crippen LogP contribution in [-0.2, 0) is 6.42 Å². The normalized spacial score (nSPS) is 13.5. The van der Waals surface area contributed by atoms with E-state index in [1.165, 1.54) is 0 Å². The first-order valence-electron chi connectivity index (χ1n) is 9.70. The Morgan fingerprint density at radius 2 is 1.97 bits per heavy atom. The molecule has 0 bridgehead atoms. The van der Waals surface area contributed by atoms with Crippen molar-refractivity contribution in [3.8, 4) is 11.5 Å². The van der Waals surface area contributed by atoms with Crippen LogP contribution >= 0.6 is 24.0 Å². The number of aliphatic imine (C=N–C) groups is 1.